The second kappa shape index (κ2) is 10.3. The molecule has 0 aromatic rings. The highest BCUT2D eigenvalue weighted by Gasteiger charge is 2.19. The van der Waals surface area contributed by atoms with Crippen molar-refractivity contribution in [3.8, 4) is 0 Å². The molecule has 0 radical (unpaired) electrons. The minimum atomic E-state index is 0.874. The summed E-state index contributed by atoms with van der Waals surface area (Å²) < 4.78 is 0. The number of allylic oxidation sites excluding steroid dienone is 1. The largest absolute Gasteiger partial charge is 0.316 e. The van der Waals surface area contributed by atoms with Crippen LogP contribution in [0.2, 0.25) is 0 Å². The van der Waals surface area contributed by atoms with Crippen LogP contribution < -0.4 is 5.32 Å². The fraction of sp³-hybridized carbons (Fsp3) is 0.833. The van der Waals surface area contributed by atoms with E-state index in [9.17, 15) is 0 Å². The number of unbranched alkanes of at least 4 members (excludes halogenated alkanes) is 2. The van der Waals surface area contributed by atoms with Gasteiger partial charge in [-0.25, -0.2) is 0 Å². The lowest BCUT2D eigenvalue weighted by Crippen LogP contribution is -2.24. The Kier molecular flexibility index (Phi) is 8.95. The third-order valence-corrected chi connectivity index (χ3v) is 4.59. The summed E-state index contributed by atoms with van der Waals surface area (Å²) in [5, 5.41) is 3.64. The Bertz CT molecular complexity index is 275. The van der Waals surface area contributed by atoms with Crippen LogP contribution in [-0.4, -0.2) is 13.1 Å². The van der Waals surface area contributed by atoms with Crippen LogP contribution >= 0.6 is 0 Å². The molecule has 0 amide bonds. The fourth-order valence-corrected chi connectivity index (χ4v) is 3.07. The predicted octanol–water partition coefficient (Wildman–Crippen LogP) is 5.08. The van der Waals surface area contributed by atoms with E-state index in [4.69, 9.17) is 0 Å². The molecular weight excluding hydrogens is 230 g/mol. The Labute approximate surface area is 120 Å². The van der Waals surface area contributed by atoms with E-state index in [0.717, 1.165) is 11.8 Å². The first kappa shape index (κ1) is 16.5. The molecule has 1 rings (SSSR count). The van der Waals surface area contributed by atoms with Crippen molar-refractivity contribution in [3.05, 3.63) is 17.9 Å². The van der Waals surface area contributed by atoms with Gasteiger partial charge in [-0.15, -0.1) is 5.73 Å². The van der Waals surface area contributed by atoms with E-state index in [1.54, 1.807) is 0 Å². The number of rotatable bonds is 10. The smallest absolute Gasteiger partial charge is 0.00206 e. The lowest BCUT2D eigenvalue weighted by Gasteiger charge is -2.18. The molecule has 0 bridgehead atoms. The molecule has 2 unspecified atom stereocenters. The zero-order valence-corrected chi connectivity index (χ0v) is 13.1. The van der Waals surface area contributed by atoms with Gasteiger partial charge in [0.15, 0.2) is 0 Å². The Morgan fingerprint density at radius 1 is 1.37 bits per heavy atom. The predicted molar refractivity (Wildman–Crippen MR) is 85.4 cm³/mol. The van der Waals surface area contributed by atoms with Crippen molar-refractivity contribution in [1.29, 1.82) is 0 Å². The minimum Gasteiger partial charge on any atom is -0.316 e. The maximum atomic E-state index is 3.78. The second-order valence-electron chi connectivity index (χ2n) is 6.15. The highest BCUT2D eigenvalue weighted by Crippen LogP contribution is 2.33. The summed E-state index contributed by atoms with van der Waals surface area (Å²) in [6.45, 7) is 10.8. The molecule has 1 nitrogen and oxygen atoms in total. The van der Waals surface area contributed by atoms with Gasteiger partial charge in [0, 0.05) is 0 Å². The highest BCUT2D eigenvalue weighted by molar-refractivity contribution is 5.05. The summed E-state index contributed by atoms with van der Waals surface area (Å²) in [4.78, 5) is 0. The van der Waals surface area contributed by atoms with Crippen molar-refractivity contribution in [2.75, 3.05) is 13.1 Å². The van der Waals surface area contributed by atoms with Gasteiger partial charge in [0.25, 0.3) is 0 Å². The minimum absolute atomic E-state index is 0.874. The van der Waals surface area contributed by atoms with Gasteiger partial charge in [-0.05, 0) is 69.0 Å². The van der Waals surface area contributed by atoms with E-state index in [1.807, 2.05) is 0 Å². The molecule has 0 heterocycles. The van der Waals surface area contributed by atoms with Crippen molar-refractivity contribution in [3.63, 3.8) is 0 Å². The Balaban J connectivity index is 2.09. The Morgan fingerprint density at radius 2 is 2.21 bits per heavy atom. The SMILES string of the molecule is C=C=C1CCC(CCC(CC)CNCCCCC)C1. The van der Waals surface area contributed by atoms with E-state index in [2.05, 4.69) is 31.5 Å². The van der Waals surface area contributed by atoms with Crippen LogP contribution in [0.3, 0.4) is 0 Å². The second-order valence-corrected chi connectivity index (χ2v) is 6.15. The molecular formula is C18H33N. The van der Waals surface area contributed by atoms with Crippen molar-refractivity contribution in [1.82, 2.24) is 5.32 Å². The standard InChI is InChI=1S/C18H33N/c1-4-7-8-13-19-15-17(6-3)10-12-18-11-9-16(5-2)14-18/h17-19H,2,4,6-15H2,1,3H3. The van der Waals surface area contributed by atoms with Gasteiger partial charge in [-0.3, -0.25) is 0 Å². The van der Waals surface area contributed by atoms with Crippen LogP contribution in [0.25, 0.3) is 0 Å². The van der Waals surface area contributed by atoms with Crippen molar-refractivity contribution in [2.45, 2.75) is 71.6 Å². The lowest BCUT2D eigenvalue weighted by atomic mass is 9.93. The molecule has 0 aliphatic heterocycles. The molecule has 19 heavy (non-hydrogen) atoms. The Hall–Kier alpha value is -0.520. The first-order chi connectivity index (χ1) is 9.30. The zero-order valence-electron chi connectivity index (χ0n) is 13.1. The molecule has 1 N–H and O–H groups in total. The molecule has 1 fully saturated rings. The van der Waals surface area contributed by atoms with E-state index in [1.165, 1.54) is 76.5 Å². The van der Waals surface area contributed by atoms with Gasteiger partial charge in [0.2, 0.25) is 0 Å². The van der Waals surface area contributed by atoms with Gasteiger partial charge in [0.05, 0.1) is 0 Å². The average Bonchev–Trinajstić information content (AvgIpc) is 2.90. The van der Waals surface area contributed by atoms with E-state index >= 15 is 0 Å². The topological polar surface area (TPSA) is 12.0 Å². The molecule has 0 saturated heterocycles. The number of nitrogens with one attached hydrogen (secondary N) is 1. The Morgan fingerprint density at radius 3 is 2.84 bits per heavy atom. The van der Waals surface area contributed by atoms with Crippen molar-refractivity contribution >= 4 is 0 Å². The van der Waals surface area contributed by atoms with Gasteiger partial charge >= 0.3 is 0 Å². The third-order valence-electron chi connectivity index (χ3n) is 4.59. The van der Waals surface area contributed by atoms with Gasteiger partial charge in [-0.2, -0.15) is 0 Å². The van der Waals surface area contributed by atoms with Gasteiger partial charge in [-0.1, -0.05) is 39.7 Å². The van der Waals surface area contributed by atoms with Crippen LogP contribution in [0.4, 0.5) is 0 Å². The van der Waals surface area contributed by atoms with E-state index in [-0.39, 0.29) is 0 Å². The van der Waals surface area contributed by atoms with Crippen LogP contribution in [0.15, 0.2) is 17.9 Å². The van der Waals surface area contributed by atoms with Crippen LogP contribution in [-0.2, 0) is 0 Å². The molecule has 1 saturated carbocycles. The fourth-order valence-electron chi connectivity index (χ4n) is 3.07. The first-order valence-electron chi connectivity index (χ1n) is 8.38. The lowest BCUT2D eigenvalue weighted by molar-refractivity contribution is 0.373. The molecule has 1 aliphatic rings. The molecule has 1 heteroatoms. The molecule has 0 spiro atoms. The summed E-state index contributed by atoms with van der Waals surface area (Å²) in [5.41, 5.74) is 4.57. The van der Waals surface area contributed by atoms with E-state index in [0.29, 0.717) is 0 Å². The summed E-state index contributed by atoms with van der Waals surface area (Å²) in [6.07, 6.45) is 12.0. The van der Waals surface area contributed by atoms with Gasteiger partial charge in [0.1, 0.15) is 0 Å². The monoisotopic (exact) mass is 263 g/mol. The zero-order chi connectivity index (χ0) is 13.9. The number of hydrogen-bond acceptors (Lipinski definition) is 1. The summed E-state index contributed by atoms with van der Waals surface area (Å²) >= 11 is 0. The van der Waals surface area contributed by atoms with Crippen LogP contribution in [0.1, 0.15) is 71.6 Å². The maximum Gasteiger partial charge on any atom is -0.00206 e. The highest BCUT2D eigenvalue weighted by atomic mass is 14.8. The average molecular weight is 263 g/mol. The quantitative estimate of drug-likeness (QED) is 0.428. The van der Waals surface area contributed by atoms with Crippen LogP contribution in [0, 0.1) is 11.8 Å². The molecule has 0 aromatic heterocycles. The van der Waals surface area contributed by atoms with E-state index < -0.39 is 0 Å². The molecule has 0 aromatic carbocycles. The normalized spacial score (nSPS) is 20.5. The van der Waals surface area contributed by atoms with Crippen LogP contribution in [0.5, 0.6) is 0 Å². The summed E-state index contributed by atoms with van der Waals surface area (Å²) in [7, 11) is 0. The molecule has 1 aliphatic carbocycles. The van der Waals surface area contributed by atoms with Crippen molar-refractivity contribution in [2.24, 2.45) is 11.8 Å². The maximum absolute atomic E-state index is 3.78. The summed E-state index contributed by atoms with van der Waals surface area (Å²) in [5.74, 6) is 1.79. The number of hydrogen-bond donors (Lipinski definition) is 1. The molecule has 2 atom stereocenters. The van der Waals surface area contributed by atoms with Gasteiger partial charge < -0.3 is 5.32 Å². The molecule has 110 valence electrons. The first-order valence-corrected chi connectivity index (χ1v) is 8.38. The van der Waals surface area contributed by atoms with Crippen molar-refractivity contribution < 1.29 is 0 Å². The summed E-state index contributed by atoms with van der Waals surface area (Å²) in [6, 6.07) is 0. The third kappa shape index (κ3) is 6.99.